The average molecular weight is 340 g/mol. The second-order valence-electron chi connectivity index (χ2n) is 6.39. The van der Waals surface area contributed by atoms with E-state index in [0.717, 1.165) is 11.1 Å². The van der Waals surface area contributed by atoms with E-state index in [0.29, 0.717) is 0 Å². The standard InChI is InChI=1S/C19H20N2O4/c1-19(18(22)25-2)15(13-9-5-3-6-10-13)17(21(23)24)16(20-19)14-11-7-4-8-12-14/h3-12,15-17,20H,1-2H3/t15-,16-,17-,19-/m1/s1. The minimum absolute atomic E-state index is 0.295. The summed E-state index contributed by atoms with van der Waals surface area (Å²) in [6, 6.07) is 16.7. The Morgan fingerprint density at radius 3 is 2.08 bits per heavy atom. The SMILES string of the molecule is COC(=O)[C@]1(C)N[C@H](c2ccccc2)[C@H]([N+](=O)[O-])[C@H]1c1ccccc1. The molecule has 6 nitrogen and oxygen atoms in total. The lowest BCUT2D eigenvalue weighted by Crippen LogP contribution is -2.50. The lowest BCUT2D eigenvalue weighted by Gasteiger charge is -2.28. The van der Waals surface area contributed by atoms with Gasteiger partial charge in [-0.15, -0.1) is 0 Å². The van der Waals surface area contributed by atoms with Crippen LogP contribution in [0.25, 0.3) is 0 Å². The molecule has 0 aromatic heterocycles. The Bertz CT molecular complexity index is 766. The van der Waals surface area contributed by atoms with Gasteiger partial charge in [0.2, 0.25) is 6.04 Å². The smallest absolute Gasteiger partial charge is 0.326 e. The number of carbonyl (C=O) groups is 1. The number of esters is 1. The number of methoxy groups -OCH3 is 1. The Morgan fingerprint density at radius 2 is 1.60 bits per heavy atom. The van der Waals surface area contributed by atoms with Gasteiger partial charge in [0.05, 0.1) is 13.0 Å². The molecule has 0 bridgehead atoms. The van der Waals surface area contributed by atoms with Crippen molar-refractivity contribution in [3.05, 3.63) is 81.9 Å². The van der Waals surface area contributed by atoms with Crippen molar-refractivity contribution in [2.24, 2.45) is 0 Å². The van der Waals surface area contributed by atoms with E-state index in [2.05, 4.69) is 5.32 Å². The molecule has 130 valence electrons. The fraction of sp³-hybridized carbons (Fsp3) is 0.316. The molecule has 1 saturated heterocycles. The maximum atomic E-state index is 12.6. The first kappa shape index (κ1) is 17.1. The monoisotopic (exact) mass is 340 g/mol. The third kappa shape index (κ3) is 2.89. The van der Waals surface area contributed by atoms with Gasteiger partial charge >= 0.3 is 5.97 Å². The van der Waals surface area contributed by atoms with Gasteiger partial charge in [0.1, 0.15) is 11.6 Å². The average Bonchev–Trinajstić information content (AvgIpc) is 2.97. The number of ether oxygens (including phenoxy) is 1. The molecular weight excluding hydrogens is 320 g/mol. The first-order chi connectivity index (χ1) is 12.0. The van der Waals surface area contributed by atoms with Crippen LogP contribution in [0.3, 0.4) is 0 Å². The lowest BCUT2D eigenvalue weighted by molar-refractivity contribution is -0.527. The lowest BCUT2D eigenvalue weighted by atomic mass is 9.78. The van der Waals surface area contributed by atoms with Crippen molar-refractivity contribution in [3.63, 3.8) is 0 Å². The molecule has 1 heterocycles. The summed E-state index contributed by atoms with van der Waals surface area (Å²) in [4.78, 5) is 24.2. The van der Waals surface area contributed by atoms with Crippen LogP contribution in [0.2, 0.25) is 0 Å². The normalized spacial score (nSPS) is 28.5. The van der Waals surface area contributed by atoms with E-state index < -0.39 is 29.5 Å². The summed E-state index contributed by atoms with van der Waals surface area (Å²) < 4.78 is 4.98. The fourth-order valence-electron chi connectivity index (χ4n) is 3.81. The highest BCUT2D eigenvalue weighted by atomic mass is 16.6. The molecule has 0 radical (unpaired) electrons. The predicted octanol–water partition coefficient (Wildman–Crippen LogP) is 2.69. The summed E-state index contributed by atoms with van der Waals surface area (Å²) in [5.41, 5.74) is 0.315. The van der Waals surface area contributed by atoms with Gasteiger partial charge in [0.15, 0.2) is 0 Å². The molecule has 4 atom stereocenters. The summed E-state index contributed by atoms with van der Waals surface area (Å²) >= 11 is 0. The Morgan fingerprint density at radius 1 is 1.08 bits per heavy atom. The molecule has 2 aromatic rings. The molecule has 0 aliphatic carbocycles. The minimum Gasteiger partial charge on any atom is -0.468 e. The number of hydrogen-bond donors (Lipinski definition) is 1. The molecule has 1 aliphatic heterocycles. The molecule has 3 rings (SSSR count). The molecule has 1 fully saturated rings. The molecular formula is C19H20N2O4. The Hall–Kier alpha value is -2.73. The minimum atomic E-state index is -1.20. The summed E-state index contributed by atoms with van der Waals surface area (Å²) in [5.74, 6) is -1.16. The second-order valence-corrected chi connectivity index (χ2v) is 6.39. The van der Waals surface area contributed by atoms with Gasteiger partial charge in [-0.1, -0.05) is 60.7 Å². The van der Waals surface area contributed by atoms with Crippen molar-refractivity contribution >= 4 is 5.97 Å². The number of benzene rings is 2. The molecule has 1 N–H and O–H groups in total. The number of carbonyl (C=O) groups excluding carboxylic acids is 1. The molecule has 2 aromatic carbocycles. The van der Waals surface area contributed by atoms with Crippen molar-refractivity contribution in [3.8, 4) is 0 Å². The quantitative estimate of drug-likeness (QED) is 0.526. The zero-order valence-corrected chi connectivity index (χ0v) is 14.1. The number of hydrogen-bond acceptors (Lipinski definition) is 5. The van der Waals surface area contributed by atoms with Crippen LogP contribution >= 0.6 is 0 Å². The van der Waals surface area contributed by atoms with E-state index in [1.165, 1.54) is 7.11 Å². The highest BCUT2D eigenvalue weighted by Crippen LogP contribution is 2.46. The Labute approximate surface area is 146 Å². The maximum absolute atomic E-state index is 12.6. The van der Waals surface area contributed by atoms with Crippen molar-refractivity contribution < 1.29 is 14.5 Å². The molecule has 0 unspecified atom stereocenters. The molecule has 25 heavy (non-hydrogen) atoms. The van der Waals surface area contributed by atoms with Gasteiger partial charge in [0.25, 0.3) is 0 Å². The van der Waals surface area contributed by atoms with E-state index in [9.17, 15) is 14.9 Å². The van der Waals surface area contributed by atoms with Crippen LogP contribution in [-0.4, -0.2) is 29.6 Å². The van der Waals surface area contributed by atoms with Crippen LogP contribution in [0.5, 0.6) is 0 Å². The second kappa shape index (κ2) is 6.64. The largest absolute Gasteiger partial charge is 0.468 e. The summed E-state index contributed by atoms with van der Waals surface area (Å²) in [5, 5.41) is 15.2. The summed E-state index contributed by atoms with van der Waals surface area (Å²) in [6.07, 6.45) is 0. The highest BCUT2D eigenvalue weighted by molar-refractivity contribution is 5.83. The van der Waals surface area contributed by atoms with Crippen LogP contribution in [-0.2, 0) is 9.53 Å². The van der Waals surface area contributed by atoms with Crippen molar-refractivity contribution in [2.45, 2.75) is 30.5 Å². The van der Waals surface area contributed by atoms with Crippen molar-refractivity contribution in [1.82, 2.24) is 5.32 Å². The molecule has 0 amide bonds. The third-order valence-electron chi connectivity index (χ3n) is 4.93. The van der Waals surface area contributed by atoms with Gasteiger partial charge in [-0.25, -0.2) is 0 Å². The number of nitrogens with one attached hydrogen (secondary N) is 1. The molecule has 1 aliphatic rings. The number of nitrogens with zero attached hydrogens (tertiary/aromatic N) is 1. The van der Waals surface area contributed by atoms with Crippen molar-refractivity contribution in [1.29, 1.82) is 0 Å². The van der Waals surface area contributed by atoms with Gasteiger partial charge < -0.3 is 4.74 Å². The maximum Gasteiger partial charge on any atom is 0.326 e. The number of rotatable bonds is 4. The van der Waals surface area contributed by atoms with E-state index in [1.807, 2.05) is 60.7 Å². The van der Waals surface area contributed by atoms with Gasteiger partial charge in [-0.05, 0) is 18.1 Å². The fourth-order valence-corrected chi connectivity index (χ4v) is 3.81. The van der Waals surface area contributed by atoms with Crippen LogP contribution in [0.4, 0.5) is 0 Å². The van der Waals surface area contributed by atoms with Crippen LogP contribution < -0.4 is 5.32 Å². The zero-order chi connectivity index (χ0) is 18.0. The van der Waals surface area contributed by atoms with Gasteiger partial charge in [-0.2, -0.15) is 0 Å². The third-order valence-corrected chi connectivity index (χ3v) is 4.93. The summed E-state index contributed by atoms with van der Waals surface area (Å²) in [6.45, 7) is 1.68. The van der Waals surface area contributed by atoms with Gasteiger partial charge in [-0.3, -0.25) is 20.2 Å². The van der Waals surface area contributed by atoms with E-state index in [-0.39, 0.29) is 4.92 Å². The first-order valence-corrected chi connectivity index (χ1v) is 8.08. The van der Waals surface area contributed by atoms with Crippen LogP contribution in [0, 0.1) is 10.1 Å². The Balaban J connectivity index is 2.16. The highest BCUT2D eigenvalue weighted by Gasteiger charge is 2.61. The molecule has 6 heteroatoms. The number of nitro groups is 1. The first-order valence-electron chi connectivity index (χ1n) is 8.08. The molecule has 0 spiro atoms. The molecule has 0 saturated carbocycles. The van der Waals surface area contributed by atoms with E-state index in [1.54, 1.807) is 6.92 Å². The summed E-state index contributed by atoms with van der Waals surface area (Å²) in [7, 11) is 1.30. The topological polar surface area (TPSA) is 81.5 Å². The van der Waals surface area contributed by atoms with E-state index in [4.69, 9.17) is 4.74 Å². The zero-order valence-electron chi connectivity index (χ0n) is 14.1. The Kier molecular flexibility index (Phi) is 4.55. The van der Waals surface area contributed by atoms with Crippen LogP contribution in [0.15, 0.2) is 60.7 Å². The van der Waals surface area contributed by atoms with E-state index >= 15 is 0 Å². The van der Waals surface area contributed by atoms with Crippen LogP contribution in [0.1, 0.15) is 30.0 Å². The van der Waals surface area contributed by atoms with Crippen molar-refractivity contribution in [2.75, 3.05) is 7.11 Å². The van der Waals surface area contributed by atoms with Gasteiger partial charge in [0, 0.05) is 4.92 Å². The predicted molar refractivity (Wildman–Crippen MR) is 92.7 cm³/mol.